The zero-order valence-electron chi connectivity index (χ0n) is 11.9. The van der Waals surface area contributed by atoms with Crippen LogP contribution in [-0.4, -0.2) is 18.1 Å². The number of nitrogens with zero attached hydrogens (tertiary/aromatic N) is 2. The van der Waals surface area contributed by atoms with Crippen LogP contribution in [-0.2, 0) is 5.41 Å². The minimum absolute atomic E-state index is 0.0604. The third-order valence-electron chi connectivity index (χ3n) is 2.80. The molecular weight excluding hydrogens is 230 g/mol. The molecule has 0 aliphatic rings. The van der Waals surface area contributed by atoms with Crippen molar-refractivity contribution >= 4 is 16.5 Å². The Morgan fingerprint density at radius 3 is 2.12 bits per heavy atom. The third-order valence-corrected chi connectivity index (χ3v) is 4.12. The summed E-state index contributed by atoms with van der Waals surface area (Å²) in [7, 11) is 0. The van der Waals surface area contributed by atoms with E-state index in [1.54, 1.807) is 11.3 Å². The molecule has 0 aliphatic heterocycles. The largest absolute Gasteiger partial charge is 0.349 e. The summed E-state index contributed by atoms with van der Waals surface area (Å²) in [6.45, 7) is 14.9. The Labute approximate surface area is 109 Å². The molecule has 0 aliphatic carbocycles. The molecule has 0 radical (unpaired) electrons. The van der Waals surface area contributed by atoms with Crippen LogP contribution in [0.2, 0.25) is 0 Å². The fraction of sp³-hybridized carbons (Fsp3) is 0.769. The van der Waals surface area contributed by atoms with Gasteiger partial charge in [0.1, 0.15) is 0 Å². The molecule has 1 atom stereocenters. The van der Waals surface area contributed by atoms with Crippen molar-refractivity contribution in [2.75, 3.05) is 18.0 Å². The van der Waals surface area contributed by atoms with E-state index in [1.807, 2.05) is 6.92 Å². The number of aromatic nitrogens is 1. The highest BCUT2D eigenvalue weighted by Gasteiger charge is 2.25. The van der Waals surface area contributed by atoms with Gasteiger partial charge in [-0.2, -0.15) is 0 Å². The Morgan fingerprint density at radius 2 is 1.82 bits per heavy atom. The Morgan fingerprint density at radius 1 is 1.29 bits per heavy atom. The molecule has 0 saturated carbocycles. The molecule has 0 spiro atoms. The Hall–Kier alpha value is -0.610. The summed E-state index contributed by atoms with van der Waals surface area (Å²) in [5.74, 6) is 0. The normalized spacial score (nSPS) is 13.8. The minimum atomic E-state index is 0.0604. The van der Waals surface area contributed by atoms with Crippen molar-refractivity contribution in [1.29, 1.82) is 0 Å². The maximum absolute atomic E-state index is 6.06. The first-order chi connectivity index (χ1) is 7.81. The average Bonchev–Trinajstić information content (AvgIpc) is 2.64. The number of nitrogens with two attached hydrogens (primary N) is 1. The van der Waals surface area contributed by atoms with Crippen LogP contribution in [0.1, 0.15) is 58.2 Å². The van der Waals surface area contributed by atoms with E-state index in [2.05, 4.69) is 39.5 Å². The fourth-order valence-electron chi connectivity index (χ4n) is 1.80. The monoisotopic (exact) mass is 255 g/mol. The summed E-state index contributed by atoms with van der Waals surface area (Å²) in [5, 5.41) is 1.10. The van der Waals surface area contributed by atoms with Crippen molar-refractivity contribution < 1.29 is 0 Å². The second-order valence-electron chi connectivity index (χ2n) is 5.42. The molecule has 98 valence electrons. The molecule has 4 heteroatoms. The van der Waals surface area contributed by atoms with Gasteiger partial charge < -0.3 is 10.6 Å². The van der Waals surface area contributed by atoms with Crippen molar-refractivity contribution in [3.05, 3.63) is 10.6 Å². The maximum atomic E-state index is 6.06. The summed E-state index contributed by atoms with van der Waals surface area (Å²) in [5.41, 5.74) is 7.27. The van der Waals surface area contributed by atoms with Gasteiger partial charge in [0.05, 0.1) is 5.69 Å². The Balaban J connectivity index is 3.21. The van der Waals surface area contributed by atoms with E-state index in [4.69, 9.17) is 10.7 Å². The standard InChI is InChI=1S/C13H25N3S/c1-7-16(8-2)12-15-11(13(4,5)6)10(17-12)9(3)14/h9H,7-8,14H2,1-6H3. The molecule has 0 amide bonds. The first-order valence-corrected chi connectivity index (χ1v) is 7.14. The Kier molecular flexibility index (Phi) is 4.55. The lowest BCUT2D eigenvalue weighted by molar-refractivity contribution is 0.560. The molecule has 17 heavy (non-hydrogen) atoms. The number of hydrogen-bond acceptors (Lipinski definition) is 4. The van der Waals surface area contributed by atoms with Gasteiger partial charge in [0.2, 0.25) is 0 Å². The van der Waals surface area contributed by atoms with Gasteiger partial charge in [0, 0.05) is 29.4 Å². The van der Waals surface area contributed by atoms with Crippen molar-refractivity contribution in [2.24, 2.45) is 5.73 Å². The number of anilines is 1. The molecule has 0 bridgehead atoms. The first-order valence-electron chi connectivity index (χ1n) is 6.33. The molecule has 1 heterocycles. The van der Waals surface area contributed by atoms with Crippen molar-refractivity contribution in [2.45, 2.75) is 53.0 Å². The van der Waals surface area contributed by atoms with Crippen LogP contribution in [0, 0.1) is 0 Å². The van der Waals surface area contributed by atoms with Crippen molar-refractivity contribution in [3.63, 3.8) is 0 Å². The molecule has 2 N–H and O–H groups in total. The maximum Gasteiger partial charge on any atom is 0.185 e. The van der Waals surface area contributed by atoms with E-state index in [9.17, 15) is 0 Å². The Bertz CT molecular complexity index is 359. The summed E-state index contributed by atoms with van der Waals surface area (Å²) in [6.07, 6.45) is 0. The van der Waals surface area contributed by atoms with E-state index in [-0.39, 0.29) is 11.5 Å². The predicted molar refractivity (Wildman–Crippen MR) is 77.0 cm³/mol. The second kappa shape index (κ2) is 5.36. The van der Waals surface area contributed by atoms with Gasteiger partial charge in [-0.15, -0.1) is 0 Å². The topological polar surface area (TPSA) is 42.2 Å². The SMILES string of the molecule is CCN(CC)c1nc(C(C)(C)C)c(C(C)N)s1. The first kappa shape index (κ1) is 14.5. The van der Waals surface area contributed by atoms with E-state index >= 15 is 0 Å². The minimum Gasteiger partial charge on any atom is -0.349 e. The predicted octanol–water partition coefficient (Wildman–Crippen LogP) is 3.31. The van der Waals surface area contributed by atoms with Crippen LogP contribution in [0.15, 0.2) is 0 Å². The van der Waals surface area contributed by atoms with Crippen LogP contribution in [0.4, 0.5) is 5.13 Å². The molecule has 1 rings (SSSR count). The van der Waals surface area contributed by atoms with Crippen LogP contribution < -0.4 is 10.6 Å². The quantitative estimate of drug-likeness (QED) is 0.897. The van der Waals surface area contributed by atoms with E-state index < -0.39 is 0 Å². The van der Waals surface area contributed by atoms with Gasteiger partial charge in [0.25, 0.3) is 0 Å². The van der Waals surface area contributed by atoms with Crippen molar-refractivity contribution in [1.82, 2.24) is 4.98 Å². The number of hydrogen-bond donors (Lipinski definition) is 1. The fourth-order valence-corrected chi connectivity index (χ4v) is 3.15. The van der Waals surface area contributed by atoms with Crippen LogP contribution >= 0.6 is 11.3 Å². The highest BCUT2D eigenvalue weighted by Crippen LogP contribution is 2.36. The lowest BCUT2D eigenvalue weighted by Crippen LogP contribution is -2.22. The average molecular weight is 255 g/mol. The highest BCUT2D eigenvalue weighted by molar-refractivity contribution is 7.15. The van der Waals surface area contributed by atoms with E-state index in [1.165, 1.54) is 4.88 Å². The molecule has 1 aromatic rings. The second-order valence-corrected chi connectivity index (χ2v) is 6.43. The van der Waals surface area contributed by atoms with Crippen molar-refractivity contribution in [3.8, 4) is 0 Å². The van der Waals surface area contributed by atoms with Gasteiger partial charge in [-0.1, -0.05) is 32.1 Å². The molecule has 0 saturated heterocycles. The zero-order valence-corrected chi connectivity index (χ0v) is 12.7. The van der Waals surface area contributed by atoms with E-state index in [0.29, 0.717) is 0 Å². The molecule has 0 fully saturated rings. The summed E-state index contributed by atoms with van der Waals surface area (Å²) in [4.78, 5) is 8.31. The van der Waals surface area contributed by atoms with Gasteiger partial charge in [-0.25, -0.2) is 4.98 Å². The highest BCUT2D eigenvalue weighted by atomic mass is 32.1. The van der Waals surface area contributed by atoms with E-state index in [0.717, 1.165) is 23.9 Å². The molecule has 3 nitrogen and oxygen atoms in total. The number of rotatable bonds is 4. The summed E-state index contributed by atoms with van der Waals surface area (Å²) < 4.78 is 0. The summed E-state index contributed by atoms with van der Waals surface area (Å²) >= 11 is 1.74. The van der Waals surface area contributed by atoms with Gasteiger partial charge in [0.15, 0.2) is 5.13 Å². The summed E-state index contributed by atoms with van der Waals surface area (Å²) in [6, 6.07) is 0.0611. The smallest absolute Gasteiger partial charge is 0.185 e. The van der Waals surface area contributed by atoms with Crippen LogP contribution in [0.3, 0.4) is 0 Å². The lowest BCUT2D eigenvalue weighted by atomic mass is 9.90. The van der Waals surface area contributed by atoms with Crippen LogP contribution in [0.25, 0.3) is 0 Å². The number of thiazole rings is 1. The lowest BCUT2D eigenvalue weighted by Gasteiger charge is -2.19. The molecule has 1 unspecified atom stereocenters. The van der Waals surface area contributed by atoms with Gasteiger partial charge >= 0.3 is 0 Å². The van der Waals surface area contributed by atoms with Crippen LogP contribution in [0.5, 0.6) is 0 Å². The third kappa shape index (κ3) is 3.19. The van der Waals surface area contributed by atoms with Gasteiger partial charge in [-0.3, -0.25) is 0 Å². The molecule has 0 aromatic carbocycles. The molecule has 1 aromatic heterocycles. The van der Waals surface area contributed by atoms with Gasteiger partial charge in [-0.05, 0) is 20.8 Å². The zero-order chi connectivity index (χ0) is 13.2. The molecular formula is C13H25N3S.